The van der Waals surface area contributed by atoms with Gasteiger partial charge in [-0.1, -0.05) is 22.0 Å². The summed E-state index contributed by atoms with van der Waals surface area (Å²) in [7, 11) is 0. The SMILES string of the molecule is Cc1c(Br)cccc1NC(=O)NC[C@H]1CCO[C@H](C)C1. The fraction of sp³-hybridized carbons (Fsp3) is 0.533. The Morgan fingerprint density at radius 2 is 2.30 bits per heavy atom. The lowest BCUT2D eigenvalue weighted by Crippen LogP contribution is -2.36. The predicted octanol–water partition coefficient (Wildman–Crippen LogP) is 3.69. The molecule has 20 heavy (non-hydrogen) atoms. The van der Waals surface area contributed by atoms with Crippen molar-refractivity contribution in [3.05, 3.63) is 28.2 Å². The van der Waals surface area contributed by atoms with Crippen molar-refractivity contribution in [1.29, 1.82) is 0 Å². The van der Waals surface area contributed by atoms with Gasteiger partial charge < -0.3 is 15.4 Å². The van der Waals surface area contributed by atoms with Crippen LogP contribution in [0.5, 0.6) is 0 Å². The van der Waals surface area contributed by atoms with Crippen LogP contribution in [0.3, 0.4) is 0 Å². The minimum Gasteiger partial charge on any atom is -0.378 e. The maximum absolute atomic E-state index is 11.9. The van der Waals surface area contributed by atoms with Gasteiger partial charge >= 0.3 is 6.03 Å². The minimum absolute atomic E-state index is 0.148. The number of rotatable bonds is 3. The molecule has 2 atom stereocenters. The Balaban J connectivity index is 1.82. The van der Waals surface area contributed by atoms with E-state index in [1.165, 1.54) is 0 Å². The predicted molar refractivity (Wildman–Crippen MR) is 84.0 cm³/mol. The lowest BCUT2D eigenvalue weighted by molar-refractivity contribution is 0.00354. The summed E-state index contributed by atoms with van der Waals surface area (Å²) in [4.78, 5) is 11.9. The number of benzene rings is 1. The molecule has 110 valence electrons. The van der Waals surface area contributed by atoms with E-state index in [0.717, 1.165) is 35.2 Å². The first kappa shape index (κ1) is 15.3. The number of anilines is 1. The molecule has 0 spiro atoms. The maximum atomic E-state index is 11.9. The summed E-state index contributed by atoms with van der Waals surface area (Å²) >= 11 is 3.46. The summed E-state index contributed by atoms with van der Waals surface area (Å²) < 4.78 is 6.50. The number of urea groups is 1. The number of carbonyl (C=O) groups is 1. The van der Waals surface area contributed by atoms with Crippen molar-refractivity contribution in [3.63, 3.8) is 0 Å². The molecule has 2 amide bonds. The van der Waals surface area contributed by atoms with Crippen LogP contribution in [0.1, 0.15) is 25.3 Å². The van der Waals surface area contributed by atoms with Crippen LogP contribution in [0.2, 0.25) is 0 Å². The molecule has 1 aromatic rings. The summed E-state index contributed by atoms with van der Waals surface area (Å²) in [5.74, 6) is 0.508. The Morgan fingerprint density at radius 3 is 3.05 bits per heavy atom. The zero-order valence-electron chi connectivity index (χ0n) is 11.9. The molecule has 0 aromatic heterocycles. The van der Waals surface area contributed by atoms with Crippen molar-refractivity contribution in [2.24, 2.45) is 5.92 Å². The molecule has 5 heteroatoms. The molecule has 0 bridgehead atoms. The Kier molecular flexibility index (Phi) is 5.43. The van der Waals surface area contributed by atoms with Crippen LogP contribution in [-0.2, 0) is 4.74 Å². The van der Waals surface area contributed by atoms with Crippen LogP contribution in [-0.4, -0.2) is 25.3 Å². The highest BCUT2D eigenvalue weighted by Gasteiger charge is 2.19. The van der Waals surface area contributed by atoms with E-state index in [9.17, 15) is 4.79 Å². The number of halogens is 1. The van der Waals surface area contributed by atoms with E-state index < -0.39 is 0 Å². The molecule has 1 saturated heterocycles. The third-order valence-electron chi connectivity index (χ3n) is 3.66. The number of hydrogen-bond acceptors (Lipinski definition) is 2. The first-order valence-corrected chi connectivity index (χ1v) is 7.77. The molecular formula is C15H21BrN2O2. The number of amides is 2. The summed E-state index contributed by atoms with van der Waals surface area (Å²) in [5.41, 5.74) is 1.86. The second-order valence-corrected chi connectivity index (χ2v) is 6.17. The molecule has 1 aromatic carbocycles. The smallest absolute Gasteiger partial charge is 0.319 e. The second kappa shape index (κ2) is 7.09. The molecule has 1 aliphatic rings. The molecule has 1 heterocycles. The molecular weight excluding hydrogens is 320 g/mol. The van der Waals surface area contributed by atoms with Crippen molar-refractivity contribution < 1.29 is 9.53 Å². The summed E-state index contributed by atoms with van der Waals surface area (Å²) in [5, 5.41) is 5.84. The molecule has 1 aliphatic heterocycles. The van der Waals surface area contributed by atoms with Crippen LogP contribution in [0, 0.1) is 12.8 Å². The van der Waals surface area contributed by atoms with E-state index in [1.807, 2.05) is 25.1 Å². The second-order valence-electron chi connectivity index (χ2n) is 5.32. The molecule has 2 rings (SSSR count). The Bertz CT molecular complexity index is 479. The van der Waals surface area contributed by atoms with Gasteiger partial charge in [-0.05, 0) is 50.3 Å². The van der Waals surface area contributed by atoms with Crippen molar-refractivity contribution in [2.75, 3.05) is 18.5 Å². The largest absolute Gasteiger partial charge is 0.378 e. The molecule has 0 radical (unpaired) electrons. The monoisotopic (exact) mass is 340 g/mol. The quantitative estimate of drug-likeness (QED) is 0.881. The average Bonchev–Trinajstić information content (AvgIpc) is 2.42. The fourth-order valence-corrected chi connectivity index (χ4v) is 2.79. The average molecular weight is 341 g/mol. The van der Waals surface area contributed by atoms with Crippen LogP contribution in [0.15, 0.2) is 22.7 Å². The van der Waals surface area contributed by atoms with E-state index in [1.54, 1.807) is 0 Å². The molecule has 0 saturated carbocycles. The van der Waals surface area contributed by atoms with Gasteiger partial charge in [0.25, 0.3) is 0 Å². The first-order chi connectivity index (χ1) is 9.56. The fourth-order valence-electron chi connectivity index (χ4n) is 2.42. The highest BCUT2D eigenvalue weighted by Crippen LogP contribution is 2.23. The maximum Gasteiger partial charge on any atom is 0.319 e. The highest BCUT2D eigenvalue weighted by molar-refractivity contribution is 9.10. The van der Waals surface area contributed by atoms with E-state index >= 15 is 0 Å². The molecule has 2 N–H and O–H groups in total. The van der Waals surface area contributed by atoms with Crippen molar-refractivity contribution in [2.45, 2.75) is 32.8 Å². The van der Waals surface area contributed by atoms with Crippen LogP contribution in [0.25, 0.3) is 0 Å². The first-order valence-electron chi connectivity index (χ1n) is 6.98. The van der Waals surface area contributed by atoms with E-state index in [0.29, 0.717) is 18.6 Å². The van der Waals surface area contributed by atoms with Crippen LogP contribution >= 0.6 is 15.9 Å². The normalized spacial score (nSPS) is 22.4. The van der Waals surface area contributed by atoms with Gasteiger partial charge in [0.2, 0.25) is 0 Å². The standard InChI is InChI=1S/C15H21BrN2O2/c1-10-8-12(6-7-20-10)9-17-15(19)18-14-5-3-4-13(16)11(14)2/h3-5,10,12H,6-9H2,1-2H3,(H2,17,18,19)/t10-,12+/m1/s1. The third-order valence-corrected chi connectivity index (χ3v) is 4.52. The van der Waals surface area contributed by atoms with Crippen molar-refractivity contribution in [3.8, 4) is 0 Å². The summed E-state index contributed by atoms with van der Waals surface area (Å²) in [6.45, 7) is 5.55. The molecule has 4 nitrogen and oxygen atoms in total. The van der Waals surface area contributed by atoms with Gasteiger partial charge in [-0.2, -0.15) is 0 Å². The lowest BCUT2D eigenvalue weighted by atomic mass is 9.96. The zero-order valence-corrected chi connectivity index (χ0v) is 13.5. The van der Waals surface area contributed by atoms with Crippen LogP contribution in [0.4, 0.5) is 10.5 Å². The van der Waals surface area contributed by atoms with Gasteiger partial charge in [-0.15, -0.1) is 0 Å². The number of carbonyl (C=O) groups excluding carboxylic acids is 1. The summed E-state index contributed by atoms with van der Waals surface area (Å²) in [6, 6.07) is 5.62. The van der Waals surface area contributed by atoms with Crippen molar-refractivity contribution in [1.82, 2.24) is 5.32 Å². The van der Waals surface area contributed by atoms with Crippen molar-refractivity contribution >= 4 is 27.6 Å². The Labute approximate surface area is 128 Å². The topological polar surface area (TPSA) is 50.4 Å². The number of nitrogens with one attached hydrogen (secondary N) is 2. The van der Waals surface area contributed by atoms with Gasteiger partial charge in [0, 0.05) is 23.3 Å². The molecule has 1 fully saturated rings. The summed E-state index contributed by atoms with van der Waals surface area (Å²) in [6.07, 6.45) is 2.32. The highest BCUT2D eigenvalue weighted by atomic mass is 79.9. The van der Waals surface area contributed by atoms with E-state index in [4.69, 9.17) is 4.74 Å². The molecule has 0 aliphatic carbocycles. The molecule has 0 unspecified atom stereocenters. The Morgan fingerprint density at radius 1 is 1.50 bits per heavy atom. The Hall–Kier alpha value is -1.07. The number of ether oxygens (including phenoxy) is 1. The minimum atomic E-state index is -0.148. The lowest BCUT2D eigenvalue weighted by Gasteiger charge is -2.27. The third kappa shape index (κ3) is 4.21. The number of hydrogen-bond donors (Lipinski definition) is 2. The van der Waals surface area contributed by atoms with E-state index in [2.05, 4.69) is 33.5 Å². The van der Waals surface area contributed by atoms with E-state index in [-0.39, 0.29) is 6.03 Å². The van der Waals surface area contributed by atoms with Gasteiger partial charge in [-0.3, -0.25) is 0 Å². The van der Waals surface area contributed by atoms with Gasteiger partial charge in [0.15, 0.2) is 0 Å². The van der Waals surface area contributed by atoms with Gasteiger partial charge in [0.05, 0.1) is 6.10 Å². The zero-order chi connectivity index (χ0) is 14.5. The van der Waals surface area contributed by atoms with Gasteiger partial charge in [0.1, 0.15) is 0 Å². The van der Waals surface area contributed by atoms with Crippen LogP contribution < -0.4 is 10.6 Å². The van der Waals surface area contributed by atoms with Gasteiger partial charge in [-0.25, -0.2) is 4.79 Å².